The Balaban J connectivity index is 1.31. The summed E-state index contributed by atoms with van der Waals surface area (Å²) in [6.45, 7) is 4.61. The number of rotatable bonds is 5. The molecule has 0 spiro atoms. The number of amides is 1. The van der Waals surface area contributed by atoms with Crippen LogP contribution in [0.5, 0.6) is 0 Å². The van der Waals surface area contributed by atoms with Crippen molar-refractivity contribution in [3.63, 3.8) is 0 Å². The van der Waals surface area contributed by atoms with Crippen LogP contribution in [0.4, 0.5) is 4.39 Å². The Morgan fingerprint density at radius 1 is 1.12 bits per heavy atom. The molecule has 2 aliphatic rings. The van der Waals surface area contributed by atoms with E-state index in [0.29, 0.717) is 36.6 Å². The van der Waals surface area contributed by atoms with E-state index in [0.717, 1.165) is 25.2 Å². The van der Waals surface area contributed by atoms with Crippen LogP contribution in [0, 0.1) is 11.7 Å². The highest BCUT2D eigenvalue weighted by Crippen LogP contribution is 2.27. The molecule has 3 aromatic rings. The van der Waals surface area contributed by atoms with Crippen molar-refractivity contribution in [2.24, 2.45) is 5.92 Å². The normalized spacial score (nSPS) is 17.5. The van der Waals surface area contributed by atoms with Crippen LogP contribution in [0.2, 0.25) is 10.2 Å². The van der Waals surface area contributed by atoms with Crippen LogP contribution < -0.4 is 5.56 Å². The van der Waals surface area contributed by atoms with Crippen molar-refractivity contribution < 1.29 is 9.18 Å². The Kier molecular flexibility index (Phi) is 6.20. The van der Waals surface area contributed by atoms with E-state index in [1.807, 2.05) is 0 Å². The number of nitrogens with one attached hydrogen (secondary N) is 1. The molecule has 0 aliphatic carbocycles. The van der Waals surface area contributed by atoms with Gasteiger partial charge in [-0.25, -0.2) is 4.39 Å². The Morgan fingerprint density at radius 3 is 2.64 bits per heavy atom. The molecule has 174 valence electrons. The van der Waals surface area contributed by atoms with Gasteiger partial charge in [-0.1, -0.05) is 35.7 Å². The van der Waals surface area contributed by atoms with E-state index in [1.165, 1.54) is 31.4 Å². The molecule has 1 aromatic carbocycles. The summed E-state index contributed by atoms with van der Waals surface area (Å²) in [6.07, 6.45) is 5.69. The van der Waals surface area contributed by atoms with Crippen LogP contribution in [-0.4, -0.2) is 57.8 Å². The smallest absolute Gasteiger partial charge is 0.272 e. The van der Waals surface area contributed by atoms with Crippen molar-refractivity contribution in [1.82, 2.24) is 19.2 Å². The van der Waals surface area contributed by atoms with Gasteiger partial charge in [0.15, 0.2) is 0 Å². The van der Waals surface area contributed by atoms with Crippen LogP contribution >= 0.6 is 23.2 Å². The molecule has 0 unspecified atom stereocenters. The van der Waals surface area contributed by atoms with Crippen molar-refractivity contribution in [3.05, 3.63) is 73.6 Å². The number of nitrogens with zero attached hydrogens (tertiary/aromatic N) is 3. The first-order chi connectivity index (χ1) is 15.9. The highest BCUT2D eigenvalue weighted by atomic mass is 35.5. The highest BCUT2D eigenvalue weighted by Gasteiger charge is 2.33. The Hall–Kier alpha value is -2.35. The maximum absolute atomic E-state index is 14.6. The van der Waals surface area contributed by atoms with Gasteiger partial charge in [0.05, 0.1) is 10.6 Å². The van der Waals surface area contributed by atoms with E-state index in [2.05, 4.69) is 9.88 Å². The van der Waals surface area contributed by atoms with Gasteiger partial charge in [0.25, 0.3) is 11.5 Å². The summed E-state index contributed by atoms with van der Waals surface area (Å²) in [5, 5.41) is 0.521. The van der Waals surface area contributed by atoms with Gasteiger partial charge in [-0.15, -0.1) is 0 Å². The van der Waals surface area contributed by atoms with Crippen molar-refractivity contribution in [2.45, 2.75) is 25.7 Å². The number of likely N-dealkylation sites (tertiary alicyclic amines) is 2. The Bertz CT molecular complexity index is 1260. The zero-order chi connectivity index (χ0) is 23.1. The van der Waals surface area contributed by atoms with Gasteiger partial charge in [0.1, 0.15) is 16.5 Å². The standard InChI is InChI=1S/C24H25Cl2FN4O2/c25-19-10-21-23(32)28-11-17(31(21)22(19)26)8-15-4-5-20(27)18(9-15)24(33)30-13-16(14-30)12-29-6-2-1-3-7-29/h4-5,9-11,16H,1-3,6-8,12-14H2,(H,28,32). The number of halogens is 3. The number of H-pyrrole nitrogens is 1. The van der Waals surface area contributed by atoms with Crippen LogP contribution in [0.3, 0.4) is 0 Å². The minimum absolute atomic E-state index is 0.0706. The maximum Gasteiger partial charge on any atom is 0.272 e. The average Bonchev–Trinajstić information content (AvgIpc) is 3.09. The van der Waals surface area contributed by atoms with Crippen LogP contribution in [0.25, 0.3) is 5.52 Å². The minimum atomic E-state index is -0.531. The maximum atomic E-state index is 14.6. The summed E-state index contributed by atoms with van der Waals surface area (Å²) < 4.78 is 16.2. The number of fused-ring (bicyclic) bond motifs is 1. The molecule has 0 bridgehead atoms. The third-order valence-electron chi connectivity index (χ3n) is 6.64. The first kappa shape index (κ1) is 22.4. The first-order valence-corrected chi connectivity index (χ1v) is 12.0. The zero-order valence-electron chi connectivity index (χ0n) is 18.1. The number of aromatic amines is 1. The summed E-state index contributed by atoms with van der Waals surface area (Å²) in [6, 6.07) is 6.06. The SMILES string of the molecule is O=C(c1cc(Cc2c[nH]c(=O)c3cc(Cl)c(Cl)n23)ccc1F)N1CC(CN2CCCCC2)C1. The van der Waals surface area contributed by atoms with Crippen molar-refractivity contribution in [1.29, 1.82) is 0 Å². The second-order valence-corrected chi connectivity index (χ2v) is 9.81. The number of hydrogen-bond acceptors (Lipinski definition) is 3. The molecule has 1 amide bonds. The molecule has 2 aliphatic heterocycles. The molecule has 33 heavy (non-hydrogen) atoms. The molecule has 2 fully saturated rings. The van der Waals surface area contributed by atoms with Gasteiger partial charge in [0.2, 0.25) is 0 Å². The van der Waals surface area contributed by atoms with Gasteiger partial charge >= 0.3 is 0 Å². The van der Waals surface area contributed by atoms with Crippen molar-refractivity contribution in [2.75, 3.05) is 32.7 Å². The second kappa shape index (κ2) is 9.12. The second-order valence-electron chi connectivity index (χ2n) is 9.04. The molecule has 2 aromatic heterocycles. The number of aromatic nitrogens is 2. The van der Waals surface area contributed by atoms with E-state index in [9.17, 15) is 14.0 Å². The zero-order valence-corrected chi connectivity index (χ0v) is 19.6. The summed E-state index contributed by atoms with van der Waals surface area (Å²) in [4.78, 5) is 32.0. The molecule has 0 radical (unpaired) electrons. The average molecular weight is 491 g/mol. The fourth-order valence-corrected chi connectivity index (χ4v) is 5.35. The number of piperidine rings is 1. The first-order valence-electron chi connectivity index (χ1n) is 11.3. The lowest BCUT2D eigenvalue weighted by molar-refractivity contribution is 0.0390. The van der Waals surface area contributed by atoms with E-state index in [4.69, 9.17) is 23.2 Å². The monoisotopic (exact) mass is 490 g/mol. The molecule has 1 N–H and O–H groups in total. The van der Waals surface area contributed by atoms with Gasteiger partial charge in [-0.3, -0.25) is 14.0 Å². The number of carbonyl (C=O) groups is 1. The lowest BCUT2D eigenvalue weighted by Gasteiger charge is -2.42. The molecule has 5 rings (SSSR count). The molecular formula is C24H25Cl2FN4O2. The predicted octanol–water partition coefficient (Wildman–Crippen LogP) is 4.22. The Morgan fingerprint density at radius 2 is 1.88 bits per heavy atom. The van der Waals surface area contributed by atoms with Gasteiger partial charge in [0, 0.05) is 43.9 Å². The summed E-state index contributed by atoms with van der Waals surface area (Å²) in [5.41, 5.74) is 1.51. The van der Waals surface area contributed by atoms with Crippen molar-refractivity contribution >= 4 is 34.6 Å². The molecule has 0 saturated carbocycles. The van der Waals surface area contributed by atoms with E-state index < -0.39 is 5.82 Å². The number of carbonyl (C=O) groups excluding carboxylic acids is 1. The molecular weight excluding hydrogens is 466 g/mol. The van der Waals surface area contributed by atoms with Crippen LogP contribution in [0.1, 0.15) is 40.9 Å². The van der Waals surface area contributed by atoms with Crippen LogP contribution in [-0.2, 0) is 6.42 Å². The van der Waals surface area contributed by atoms with E-state index in [-0.39, 0.29) is 27.2 Å². The fraction of sp³-hybridized carbons (Fsp3) is 0.417. The Labute approximate surface area is 200 Å². The number of benzene rings is 1. The molecule has 9 heteroatoms. The van der Waals surface area contributed by atoms with Gasteiger partial charge in [-0.2, -0.15) is 0 Å². The van der Waals surface area contributed by atoms with E-state index in [1.54, 1.807) is 27.6 Å². The highest BCUT2D eigenvalue weighted by molar-refractivity contribution is 6.42. The summed E-state index contributed by atoms with van der Waals surface area (Å²) >= 11 is 12.4. The topological polar surface area (TPSA) is 60.8 Å². The van der Waals surface area contributed by atoms with Gasteiger partial charge in [-0.05, 0) is 49.7 Å². The largest absolute Gasteiger partial charge is 0.338 e. The van der Waals surface area contributed by atoms with Crippen LogP contribution in [0.15, 0.2) is 35.3 Å². The summed E-state index contributed by atoms with van der Waals surface area (Å²) in [5.74, 6) is -0.358. The quantitative estimate of drug-likeness (QED) is 0.582. The van der Waals surface area contributed by atoms with E-state index >= 15 is 0 Å². The predicted molar refractivity (Wildman–Crippen MR) is 127 cm³/mol. The molecule has 6 nitrogen and oxygen atoms in total. The third kappa shape index (κ3) is 4.42. The van der Waals surface area contributed by atoms with Crippen molar-refractivity contribution in [3.8, 4) is 0 Å². The molecule has 2 saturated heterocycles. The summed E-state index contributed by atoms with van der Waals surface area (Å²) in [7, 11) is 0. The lowest BCUT2D eigenvalue weighted by atomic mass is 9.96. The third-order valence-corrected chi connectivity index (χ3v) is 7.40. The molecule has 0 atom stereocenters. The minimum Gasteiger partial charge on any atom is -0.338 e. The lowest BCUT2D eigenvalue weighted by Crippen LogP contribution is -2.54. The van der Waals surface area contributed by atoms with Gasteiger partial charge < -0.3 is 14.8 Å². The molecule has 4 heterocycles. The fourth-order valence-electron chi connectivity index (χ4n) is 4.91. The number of hydrogen-bond donors (Lipinski definition) is 1.